The van der Waals surface area contributed by atoms with Crippen LogP contribution in [-0.2, 0) is 4.79 Å². The molecule has 29 heavy (non-hydrogen) atoms. The number of anilines is 1. The van der Waals surface area contributed by atoms with Crippen LogP contribution in [0.4, 0.5) is 10.5 Å². The Hall–Kier alpha value is -2.11. The van der Waals surface area contributed by atoms with Crippen molar-refractivity contribution in [2.75, 3.05) is 31.1 Å². The lowest BCUT2D eigenvalue weighted by Crippen LogP contribution is -2.57. The van der Waals surface area contributed by atoms with E-state index >= 15 is 0 Å². The molecule has 3 heterocycles. The van der Waals surface area contributed by atoms with Crippen molar-refractivity contribution in [2.24, 2.45) is 11.8 Å². The molecule has 2 aliphatic heterocycles. The number of amides is 3. The number of carbonyl (C=O) groups excluding carboxylic acids is 2. The summed E-state index contributed by atoms with van der Waals surface area (Å²) in [7, 11) is 0. The summed E-state index contributed by atoms with van der Waals surface area (Å²) >= 11 is 0. The van der Waals surface area contributed by atoms with Crippen LogP contribution >= 0.6 is 0 Å². The molecule has 4 rings (SSSR count). The van der Waals surface area contributed by atoms with Gasteiger partial charge in [0.25, 0.3) is 5.91 Å². The minimum atomic E-state index is -0.654. The third kappa shape index (κ3) is 3.62. The van der Waals surface area contributed by atoms with E-state index in [-0.39, 0.29) is 11.9 Å². The lowest BCUT2D eigenvalue weighted by Gasteiger charge is -2.43. The van der Waals surface area contributed by atoms with Crippen molar-refractivity contribution in [3.05, 3.63) is 23.5 Å². The summed E-state index contributed by atoms with van der Waals surface area (Å²) in [5, 5.41) is 0. The van der Waals surface area contributed by atoms with Crippen molar-refractivity contribution in [2.45, 2.75) is 65.3 Å². The van der Waals surface area contributed by atoms with Crippen LogP contribution in [0.2, 0.25) is 0 Å². The average Bonchev–Trinajstić information content (AvgIpc) is 2.80. The highest BCUT2D eigenvalue weighted by atomic mass is 16.2. The van der Waals surface area contributed by atoms with E-state index in [1.54, 1.807) is 4.90 Å². The quantitative estimate of drug-likeness (QED) is 0.709. The lowest BCUT2D eigenvalue weighted by atomic mass is 9.83. The molecule has 3 aliphatic rings. The van der Waals surface area contributed by atoms with Crippen molar-refractivity contribution in [1.29, 1.82) is 0 Å². The largest absolute Gasteiger partial charge is 0.371 e. The van der Waals surface area contributed by atoms with Crippen molar-refractivity contribution in [3.63, 3.8) is 0 Å². The Morgan fingerprint density at radius 1 is 1.10 bits per heavy atom. The van der Waals surface area contributed by atoms with Crippen molar-refractivity contribution in [1.82, 2.24) is 14.8 Å². The summed E-state index contributed by atoms with van der Waals surface area (Å²) in [5.41, 5.74) is 2.54. The number of carbonyl (C=O) groups is 2. The molecule has 1 aromatic rings. The van der Waals surface area contributed by atoms with E-state index in [2.05, 4.69) is 35.9 Å². The first-order chi connectivity index (χ1) is 13.8. The van der Waals surface area contributed by atoms with E-state index in [1.165, 1.54) is 12.1 Å². The minimum Gasteiger partial charge on any atom is -0.371 e. The van der Waals surface area contributed by atoms with Gasteiger partial charge in [-0.15, -0.1) is 0 Å². The smallest absolute Gasteiger partial charge is 0.327 e. The van der Waals surface area contributed by atoms with Gasteiger partial charge >= 0.3 is 6.03 Å². The van der Waals surface area contributed by atoms with E-state index in [9.17, 15) is 9.59 Å². The molecular formula is C23H34N4O2. The van der Waals surface area contributed by atoms with E-state index in [1.807, 2.05) is 18.7 Å². The van der Waals surface area contributed by atoms with Crippen LogP contribution in [-0.4, -0.2) is 58.4 Å². The summed E-state index contributed by atoms with van der Waals surface area (Å²) < 4.78 is 0. The number of nitrogens with zero attached hydrogens (tertiary/aromatic N) is 4. The number of pyridine rings is 1. The van der Waals surface area contributed by atoms with Gasteiger partial charge in [0.15, 0.2) is 0 Å². The Balaban J connectivity index is 1.55. The summed E-state index contributed by atoms with van der Waals surface area (Å²) in [4.78, 5) is 37.1. The molecule has 1 aromatic heterocycles. The average molecular weight is 399 g/mol. The van der Waals surface area contributed by atoms with Crippen LogP contribution in [0.1, 0.15) is 57.3 Å². The van der Waals surface area contributed by atoms with Gasteiger partial charge in [-0.1, -0.05) is 20.3 Å². The molecule has 3 amide bonds. The van der Waals surface area contributed by atoms with E-state index in [0.717, 1.165) is 37.3 Å². The van der Waals surface area contributed by atoms with Crippen molar-refractivity contribution >= 4 is 17.6 Å². The predicted octanol–water partition coefficient (Wildman–Crippen LogP) is 3.76. The van der Waals surface area contributed by atoms with Crippen LogP contribution in [0, 0.1) is 25.7 Å². The van der Waals surface area contributed by atoms with Crippen molar-refractivity contribution in [3.8, 4) is 0 Å². The molecule has 158 valence electrons. The maximum absolute atomic E-state index is 13.5. The summed E-state index contributed by atoms with van der Waals surface area (Å²) in [6, 6.07) is 4.17. The second-order valence-electron chi connectivity index (χ2n) is 9.63. The number of hydrogen-bond acceptors (Lipinski definition) is 4. The molecule has 0 unspecified atom stereocenters. The third-order valence-corrected chi connectivity index (χ3v) is 6.86. The summed E-state index contributed by atoms with van der Waals surface area (Å²) in [6.07, 6.45) is 4.91. The highest BCUT2D eigenvalue weighted by Crippen LogP contribution is 2.40. The van der Waals surface area contributed by atoms with Crippen LogP contribution < -0.4 is 4.90 Å². The number of rotatable bonds is 5. The second kappa shape index (κ2) is 7.62. The highest BCUT2D eigenvalue weighted by molar-refractivity contribution is 6.07. The zero-order valence-corrected chi connectivity index (χ0v) is 18.3. The Kier molecular flexibility index (Phi) is 5.30. The van der Waals surface area contributed by atoms with E-state index in [4.69, 9.17) is 0 Å². The summed E-state index contributed by atoms with van der Waals surface area (Å²) in [6.45, 7) is 11.1. The van der Waals surface area contributed by atoms with Gasteiger partial charge in [0, 0.05) is 43.3 Å². The molecule has 1 saturated carbocycles. The first-order valence-electron chi connectivity index (χ1n) is 11.1. The molecule has 0 aromatic carbocycles. The van der Waals surface area contributed by atoms with Gasteiger partial charge in [-0.2, -0.15) is 0 Å². The number of imide groups is 1. The second-order valence-corrected chi connectivity index (χ2v) is 9.63. The number of aromatic nitrogens is 1. The molecule has 6 nitrogen and oxygen atoms in total. The van der Waals surface area contributed by atoms with Crippen LogP contribution in [0.3, 0.4) is 0 Å². The van der Waals surface area contributed by atoms with E-state index < -0.39 is 5.54 Å². The normalized spacial score (nSPS) is 22.2. The number of urea groups is 1. The van der Waals surface area contributed by atoms with E-state index in [0.29, 0.717) is 37.8 Å². The molecule has 2 saturated heterocycles. The Morgan fingerprint density at radius 2 is 1.72 bits per heavy atom. The molecule has 0 radical (unpaired) electrons. The fraction of sp³-hybridized carbons (Fsp3) is 0.696. The molecule has 6 heteroatoms. The van der Waals surface area contributed by atoms with Gasteiger partial charge in [-0.3, -0.25) is 14.7 Å². The lowest BCUT2D eigenvalue weighted by molar-refractivity contribution is -0.135. The maximum Gasteiger partial charge on any atom is 0.327 e. The maximum atomic E-state index is 13.5. The fourth-order valence-electron chi connectivity index (χ4n) is 5.11. The number of aryl methyl sites for hydroxylation is 2. The van der Waals surface area contributed by atoms with Crippen LogP contribution in [0.15, 0.2) is 12.1 Å². The minimum absolute atomic E-state index is 0.0526. The first kappa shape index (κ1) is 20.2. The molecule has 1 aliphatic carbocycles. The van der Waals surface area contributed by atoms with Gasteiger partial charge in [0.1, 0.15) is 5.54 Å². The van der Waals surface area contributed by atoms with Crippen molar-refractivity contribution < 1.29 is 9.59 Å². The molecule has 0 N–H and O–H groups in total. The van der Waals surface area contributed by atoms with Gasteiger partial charge < -0.3 is 9.80 Å². The fourth-order valence-corrected chi connectivity index (χ4v) is 5.11. The predicted molar refractivity (Wildman–Crippen MR) is 114 cm³/mol. The van der Waals surface area contributed by atoms with Gasteiger partial charge in [-0.05, 0) is 63.5 Å². The molecule has 1 spiro atoms. The molecule has 0 atom stereocenters. The summed E-state index contributed by atoms with van der Waals surface area (Å²) in [5.74, 6) is 0.898. The molecule has 0 bridgehead atoms. The Morgan fingerprint density at radius 3 is 2.24 bits per heavy atom. The number of piperidine rings is 1. The van der Waals surface area contributed by atoms with Gasteiger partial charge in [0.05, 0.1) is 0 Å². The molecular weight excluding hydrogens is 364 g/mol. The topological polar surface area (TPSA) is 56.8 Å². The first-order valence-corrected chi connectivity index (χ1v) is 11.1. The highest BCUT2D eigenvalue weighted by Gasteiger charge is 2.58. The SMILES string of the molecule is Cc1cc(N2CCC3(CC2)C(=O)N(CC2CCC2)C(=O)N3CC(C)C)cc(C)n1. The van der Waals surface area contributed by atoms with Gasteiger partial charge in [-0.25, -0.2) is 4.79 Å². The van der Waals surface area contributed by atoms with Crippen LogP contribution in [0.25, 0.3) is 0 Å². The van der Waals surface area contributed by atoms with Gasteiger partial charge in [0.2, 0.25) is 0 Å². The zero-order valence-electron chi connectivity index (χ0n) is 18.3. The monoisotopic (exact) mass is 398 g/mol. The third-order valence-electron chi connectivity index (χ3n) is 6.86. The number of hydrogen-bond donors (Lipinski definition) is 0. The van der Waals surface area contributed by atoms with Crippen LogP contribution in [0.5, 0.6) is 0 Å². The molecule has 3 fully saturated rings. The Bertz CT molecular complexity index is 774. The zero-order chi connectivity index (χ0) is 20.8. The standard InChI is InChI=1S/C23H34N4O2/c1-16(2)14-27-22(29)26(15-19-6-5-7-19)21(28)23(27)8-10-25(11-9-23)20-12-17(3)24-18(4)13-20/h12-13,16,19H,5-11,14-15H2,1-4H3. The Labute approximate surface area is 174 Å².